The molecule has 0 atom stereocenters. The van der Waals surface area contributed by atoms with E-state index >= 15 is 0 Å². The molecule has 0 saturated carbocycles. The third-order valence-corrected chi connectivity index (χ3v) is 2.98. The molecule has 0 unspecified atom stereocenters. The maximum atomic E-state index is 5.65. The van der Waals surface area contributed by atoms with Crippen LogP contribution in [0.1, 0.15) is 26.3 Å². The first-order valence-corrected chi connectivity index (χ1v) is 7.20. The van der Waals surface area contributed by atoms with Crippen LogP contribution < -0.4 is 5.32 Å². The molecule has 110 valence electrons. The summed E-state index contributed by atoms with van der Waals surface area (Å²) in [5.41, 5.74) is 3.44. The van der Waals surface area contributed by atoms with E-state index < -0.39 is 0 Å². The van der Waals surface area contributed by atoms with Gasteiger partial charge in [0.25, 0.3) is 0 Å². The second kappa shape index (κ2) is 6.49. The molecule has 0 bridgehead atoms. The summed E-state index contributed by atoms with van der Waals surface area (Å²) in [7, 11) is 0. The van der Waals surface area contributed by atoms with E-state index in [1.165, 1.54) is 16.7 Å². The van der Waals surface area contributed by atoms with Crippen molar-refractivity contribution in [1.29, 1.82) is 0 Å². The van der Waals surface area contributed by atoms with Gasteiger partial charge in [-0.2, -0.15) is 0 Å². The molecule has 0 spiro atoms. The van der Waals surface area contributed by atoms with Gasteiger partial charge in [-0.1, -0.05) is 54.6 Å². The van der Waals surface area contributed by atoms with Crippen LogP contribution in [0.3, 0.4) is 0 Å². The van der Waals surface area contributed by atoms with Crippen LogP contribution in [0.4, 0.5) is 0 Å². The lowest BCUT2D eigenvalue weighted by atomic mass is 10.0. The highest BCUT2D eigenvalue weighted by molar-refractivity contribution is 5.63. The lowest BCUT2D eigenvalue weighted by Crippen LogP contribution is -2.25. The Kier molecular flexibility index (Phi) is 4.69. The van der Waals surface area contributed by atoms with Gasteiger partial charge in [-0.15, -0.1) is 0 Å². The van der Waals surface area contributed by atoms with E-state index in [1.54, 1.807) is 0 Å². The lowest BCUT2D eigenvalue weighted by molar-refractivity contribution is 0.0410. The molecular formula is C19H23NO. The molecule has 0 heterocycles. The molecule has 2 heteroatoms. The summed E-state index contributed by atoms with van der Waals surface area (Å²) < 4.78 is 5.65. The fraction of sp³-hybridized carbons (Fsp3) is 0.263. The molecule has 0 saturated heterocycles. The molecule has 0 aliphatic heterocycles. The standard InChI is InChI=1S/C19H23NO/c1-15(21-19(2,3)4)20-14-16-10-12-18(13-11-16)17-8-6-5-7-9-17/h5-13,20H,1,14H2,2-4H3. The molecule has 1 N–H and O–H groups in total. The highest BCUT2D eigenvalue weighted by Crippen LogP contribution is 2.19. The van der Waals surface area contributed by atoms with Crippen molar-refractivity contribution in [3.8, 4) is 11.1 Å². The van der Waals surface area contributed by atoms with Gasteiger partial charge in [0.1, 0.15) is 5.60 Å². The molecule has 2 aromatic carbocycles. The molecule has 0 aliphatic rings. The summed E-state index contributed by atoms with van der Waals surface area (Å²) >= 11 is 0. The van der Waals surface area contributed by atoms with Crippen molar-refractivity contribution in [2.45, 2.75) is 32.9 Å². The highest BCUT2D eigenvalue weighted by atomic mass is 16.5. The molecule has 2 rings (SSSR count). The number of nitrogens with one attached hydrogen (secondary N) is 1. The summed E-state index contributed by atoms with van der Waals surface area (Å²) in [5.74, 6) is 0.606. The van der Waals surface area contributed by atoms with E-state index in [1.807, 2.05) is 26.8 Å². The second-order valence-electron chi connectivity index (χ2n) is 6.05. The zero-order valence-corrected chi connectivity index (χ0v) is 13.0. The Morgan fingerprint density at radius 3 is 2.10 bits per heavy atom. The van der Waals surface area contributed by atoms with Crippen molar-refractivity contribution in [3.63, 3.8) is 0 Å². The van der Waals surface area contributed by atoms with E-state index in [-0.39, 0.29) is 5.60 Å². The minimum atomic E-state index is -0.221. The smallest absolute Gasteiger partial charge is 0.180 e. The van der Waals surface area contributed by atoms with Crippen molar-refractivity contribution in [1.82, 2.24) is 5.32 Å². The van der Waals surface area contributed by atoms with Crippen molar-refractivity contribution in [3.05, 3.63) is 72.6 Å². The Morgan fingerprint density at radius 1 is 0.952 bits per heavy atom. The van der Waals surface area contributed by atoms with Crippen LogP contribution in [-0.2, 0) is 11.3 Å². The Labute approximate surface area is 127 Å². The minimum Gasteiger partial charge on any atom is -0.474 e. The predicted octanol–water partition coefficient (Wildman–Crippen LogP) is 4.73. The van der Waals surface area contributed by atoms with Gasteiger partial charge in [-0.05, 0) is 44.0 Å². The van der Waals surface area contributed by atoms with Crippen LogP contribution in [0.2, 0.25) is 0 Å². The van der Waals surface area contributed by atoms with Crippen molar-refractivity contribution in [2.24, 2.45) is 0 Å². The number of ether oxygens (including phenoxy) is 1. The van der Waals surface area contributed by atoms with Crippen LogP contribution in [0, 0.1) is 0 Å². The molecule has 0 aliphatic carbocycles. The SMILES string of the molecule is C=C(NCc1ccc(-c2ccccc2)cc1)OC(C)(C)C. The van der Waals surface area contributed by atoms with Crippen LogP contribution in [0.25, 0.3) is 11.1 Å². The fourth-order valence-electron chi connectivity index (χ4n) is 2.05. The van der Waals surface area contributed by atoms with Gasteiger partial charge in [-0.25, -0.2) is 0 Å². The van der Waals surface area contributed by atoms with Gasteiger partial charge in [0, 0.05) is 6.54 Å². The third kappa shape index (κ3) is 4.99. The Balaban J connectivity index is 1.93. The number of hydrogen-bond acceptors (Lipinski definition) is 2. The molecule has 0 fully saturated rings. The monoisotopic (exact) mass is 281 g/mol. The summed E-state index contributed by atoms with van der Waals surface area (Å²) in [6.07, 6.45) is 0. The molecule has 2 nitrogen and oxygen atoms in total. The molecule has 21 heavy (non-hydrogen) atoms. The van der Waals surface area contributed by atoms with E-state index in [0.29, 0.717) is 12.4 Å². The third-order valence-electron chi connectivity index (χ3n) is 2.98. The lowest BCUT2D eigenvalue weighted by Gasteiger charge is -2.23. The highest BCUT2D eigenvalue weighted by Gasteiger charge is 2.11. The normalized spacial score (nSPS) is 11.0. The fourth-order valence-corrected chi connectivity index (χ4v) is 2.05. The summed E-state index contributed by atoms with van der Waals surface area (Å²) in [4.78, 5) is 0. The largest absolute Gasteiger partial charge is 0.474 e. The molecule has 0 radical (unpaired) electrons. The van der Waals surface area contributed by atoms with E-state index in [9.17, 15) is 0 Å². The van der Waals surface area contributed by atoms with E-state index in [2.05, 4.69) is 60.4 Å². The Hall–Kier alpha value is -2.22. The first kappa shape index (κ1) is 15.2. The Morgan fingerprint density at radius 2 is 1.52 bits per heavy atom. The topological polar surface area (TPSA) is 21.3 Å². The number of rotatable bonds is 5. The van der Waals surface area contributed by atoms with E-state index in [0.717, 1.165) is 0 Å². The summed E-state index contributed by atoms with van der Waals surface area (Å²) in [6, 6.07) is 18.9. The number of benzene rings is 2. The quantitative estimate of drug-likeness (QED) is 0.800. The molecular weight excluding hydrogens is 258 g/mol. The van der Waals surface area contributed by atoms with Gasteiger partial charge in [0.2, 0.25) is 0 Å². The summed E-state index contributed by atoms with van der Waals surface area (Å²) in [5, 5.41) is 3.20. The van der Waals surface area contributed by atoms with Gasteiger partial charge in [0.05, 0.1) is 0 Å². The molecule has 0 amide bonds. The van der Waals surface area contributed by atoms with Gasteiger partial charge in [-0.3, -0.25) is 0 Å². The van der Waals surface area contributed by atoms with Crippen LogP contribution in [0.15, 0.2) is 67.1 Å². The maximum absolute atomic E-state index is 5.65. The van der Waals surface area contributed by atoms with Crippen molar-refractivity contribution in [2.75, 3.05) is 0 Å². The predicted molar refractivity (Wildman–Crippen MR) is 88.7 cm³/mol. The molecule has 0 aromatic heterocycles. The Bertz CT molecular complexity index is 579. The van der Waals surface area contributed by atoms with Crippen LogP contribution >= 0.6 is 0 Å². The van der Waals surface area contributed by atoms with Crippen molar-refractivity contribution >= 4 is 0 Å². The van der Waals surface area contributed by atoms with Gasteiger partial charge < -0.3 is 10.1 Å². The van der Waals surface area contributed by atoms with Gasteiger partial charge in [0.15, 0.2) is 5.88 Å². The number of hydrogen-bond donors (Lipinski definition) is 1. The first-order chi connectivity index (χ1) is 9.94. The average molecular weight is 281 g/mol. The second-order valence-corrected chi connectivity index (χ2v) is 6.05. The molecule has 2 aromatic rings. The van der Waals surface area contributed by atoms with Gasteiger partial charge >= 0.3 is 0 Å². The maximum Gasteiger partial charge on any atom is 0.180 e. The van der Waals surface area contributed by atoms with E-state index in [4.69, 9.17) is 4.74 Å². The van der Waals surface area contributed by atoms with Crippen LogP contribution in [-0.4, -0.2) is 5.60 Å². The zero-order chi connectivity index (χ0) is 15.3. The summed E-state index contributed by atoms with van der Waals surface area (Å²) in [6.45, 7) is 10.6. The van der Waals surface area contributed by atoms with Crippen LogP contribution in [0.5, 0.6) is 0 Å². The first-order valence-electron chi connectivity index (χ1n) is 7.20. The zero-order valence-electron chi connectivity index (χ0n) is 13.0. The minimum absolute atomic E-state index is 0.221. The van der Waals surface area contributed by atoms with Crippen molar-refractivity contribution < 1.29 is 4.74 Å². The average Bonchev–Trinajstić information content (AvgIpc) is 2.45.